The highest BCUT2D eigenvalue weighted by molar-refractivity contribution is 5.81. The molecule has 1 heterocycles. The molecule has 1 atom stereocenters. The minimum Gasteiger partial charge on any atom is -0.480 e. The number of rotatable bonds is 3. The highest BCUT2D eigenvalue weighted by Gasteiger charge is 2.35. The number of hydrogen-bond donors (Lipinski definition) is 1. The van der Waals surface area contributed by atoms with Crippen molar-refractivity contribution in [2.24, 2.45) is 0 Å². The van der Waals surface area contributed by atoms with Crippen LogP contribution in [0.1, 0.15) is 11.1 Å². The summed E-state index contributed by atoms with van der Waals surface area (Å²) >= 11 is 0. The molecule has 0 saturated carbocycles. The van der Waals surface area contributed by atoms with Gasteiger partial charge in [-0.25, -0.2) is 14.0 Å². The molecule has 0 fully saturated rings. The van der Waals surface area contributed by atoms with Crippen LogP contribution in [0.2, 0.25) is 0 Å². The van der Waals surface area contributed by atoms with Crippen LogP contribution in [0, 0.1) is 5.82 Å². The molecule has 20 heavy (non-hydrogen) atoms. The number of ether oxygens (including phenoxy) is 1. The molecular weight excluding hydrogens is 265 g/mol. The minimum absolute atomic E-state index is 0.0119. The van der Waals surface area contributed by atoms with Crippen molar-refractivity contribution in [3.8, 4) is 0 Å². The molecule has 1 aliphatic heterocycles. The summed E-state index contributed by atoms with van der Waals surface area (Å²) in [6.07, 6.45) is 0.749. The van der Waals surface area contributed by atoms with Crippen LogP contribution in [-0.4, -0.2) is 34.7 Å². The molecule has 0 unspecified atom stereocenters. The summed E-state index contributed by atoms with van der Waals surface area (Å²) in [7, 11) is 0. The monoisotopic (exact) mass is 279 g/mol. The predicted octanol–water partition coefficient (Wildman–Crippen LogP) is 1.96. The average Bonchev–Trinajstić information content (AvgIpc) is 2.43. The summed E-state index contributed by atoms with van der Waals surface area (Å²) in [5.41, 5.74) is 1.32. The normalized spacial score (nSPS) is 17.2. The summed E-state index contributed by atoms with van der Waals surface area (Å²) in [5.74, 6) is -1.56. The van der Waals surface area contributed by atoms with Crippen LogP contribution in [0.3, 0.4) is 0 Å². The molecule has 0 aliphatic carbocycles. The largest absolute Gasteiger partial charge is 0.480 e. The third-order valence-electron chi connectivity index (χ3n) is 3.14. The highest BCUT2D eigenvalue weighted by atomic mass is 19.1. The Hall–Kier alpha value is -2.37. The molecule has 0 aromatic heterocycles. The summed E-state index contributed by atoms with van der Waals surface area (Å²) < 4.78 is 18.1. The van der Waals surface area contributed by atoms with Gasteiger partial charge in [0.25, 0.3) is 0 Å². The zero-order chi connectivity index (χ0) is 14.7. The lowest BCUT2D eigenvalue weighted by Gasteiger charge is -2.33. The van der Waals surface area contributed by atoms with Gasteiger partial charge in [0.05, 0.1) is 6.54 Å². The fourth-order valence-corrected chi connectivity index (χ4v) is 2.18. The van der Waals surface area contributed by atoms with E-state index in [1.807, 2.05) is 0 Å². The van der Waals surface area contributed by atoms with Crippen LogP contribution in [0.15, 0.2) is 30.9 Å². The van der Waals surface area contributed by atoms with E-state index in [-0.39, 0.29) is 19.6 Å². The number of amides is 1. The highest BCUT2D eigenvalue weighted by Crippen LogP contribution is 2.25. The van der Waals surface area contributed by atoms with E-state index in [1.165, 1.54) is 18.2 Å². The molecule has 106 valence electrons. The van der Waals surface area contributed by atoms with Crippen LogP contribution < -0.4 is 0 Å². The first kappa shape index (κ1) is 14.0. The van der Waals surface area contributed by atoms with E-state index in [0.717, 1.165) is 10.5 Å². The predicted molar refractivity (Wildman–Crippen MR) is 68.6 cm³/mol. The second-order valence-corrected chi connectivity index (χ2v) is 4.46. The van der Waals surface area contributed by atoms with Gasteiger partial charge in [0.1, 0.15) is 18.5 Å². The van der Waals surface area contributed by atoms with Gasteiger partial charge in [-0.3, -0.25) is 4.90 Å². The number of carboxylic acids is 1. The number of fused-ring (bicyclic) bond motifs is 1. The molecule has 1 N–H and O–H groups in total. The Morgan fingerprint density at radius 1 is 1.50 bits per heavy atom. The fourth-order valence-electron chi connectivity index (χ4n) is 2.18. The molecule has 0 saturated heterocycles. The van der Waals surface area contributed by atoms with Crippen molar-refractivity contribution in [1.29, 1.82) is 0 Å². The molecular formula is C14H14FNO4. The minimum atomic E-state index is -1.14. The molecule has 0 radical (unpaired) electrons. The van der Waals surface area contributed by atoms with Crippen molar-refractivity contribution in [3.63, 3.8) is 0 Å². The number of aliphatic carboxylic acids is 1. The van der Waals surface area contributed by atoms with E-state index in [2.05, 4.69) is 6.58 Å². The maximum atomic E-state index is 13.2. The maximum Gasteiger partial charge on any atom is 0.411 e. The van der Waals surface area contributed by atoms with Crippen LogP contribution >= 0.6 is 0 Å². The number of carbonyl (C=O) groups excluding carboxylic acids is 1. The van der Waals surface area contributed by atoms with E-state index in [4.69, 9.17) is 4.74 Å². The Morgan fingerprint density at radius 2 is 2.25 bits per heavy atom. The lowest BCUT2D eigenvalue weighted by molar-refractivity contribution is -0.143. The molecule has 1 aromatic carbocycles. The van der Waals surface area contributed by atoms with Crippen molar-refractivity contribution < 1.29 is 23.8 Å². The van der Waals surface area contributed by atoms with Crippen molar-refractivity contribution >= 4 is 12.1 Å². The number of hydrogen-bond acceptors (Lipinski definition) is 3. The summed E-state index contributed by atoms with van der Waals surface area (Å²) in [4.78, 5) is 24.3. The molecule has 1 amide bonds. The summed E-state index contributed by atoms with van der Waals surface area (Å²) in [6.45, 7) is 3.52. The molecule has 5 nitrogen and oxygen atoms in total. The summed E-state index contributed by atoms with van der Waals surface area (Å²) in [6, 6.07) is 3.09. The first-order chi connectivity index (χ1) is 9.52. The van der Waals surface area contributed by atoms with E-state index in [9.17, 15) is 19.1 Å². The Labute approximate surface area is 115 Å². The molecule has 6 heteroatoms. The van der Waals surface area contributed by atoms with Crippen LogP contribution in [0.5, 0.6) is 0 Å². The second kappa shape index (κ2) is 5.73. The van der Waals surface area contributed by atoms with E-state index in [0.29, 0.717) is 5.56 Å². The van der Waals surface area contributed by atoms with Crippen molar-refractivity contribution in [1.82, 2.24) is 4.90 Å². The van der Waals surface area contributed by atoms with Gasteiger partial charge < -0.3 is 9.84 Å². The van der Waals surface area contributed by atoms with E-state index >= 15 is 0 Å². The molecule has 0 spiro atoms. The Kier molecular flexibility index (Phi) is 4.02. The van der Waals surface area contributed by atoms with E-state index in [1.54, 1.807) is 6.07 Å². The SMILES string of the molecule is C=CCOC(=O)N1Cc2ccc(F)cc2C[C@H]1C(=O)O. The van der Waals surface area contributed by atoms with Gasteiger partial charge in [-0.15, -0.1) is 0 Å². The van der Waals surface area contributed by atoms with Gasteiger partial charge in [-0.2, -0.15) is 0 Å². The van der Waals surface area contributed by atoms with Gasteiger partial charge in [-0.1, -0.05) is 18.7 Å². The molecule has 0 bridgehead atoms. The zero-order valence-corrected chi connectivity index (χ0v) is 10.7. The Balaban J connectivity index is 2.27. The van der Waals surface area contributed by atoms with Crippen molar-refractivity contribution in [2.75, 3.05) is 6.61 Å². The zero-order valence-electron chi connectivity index (χ0n) is 10.7. The topological polar surface area (TPSA) is 66.8 Å². The molecule has 1 aliphatic rings. The number of benzene rings is 1. The Morgan fingerprint density at radius 3 is 2.90 bits per heavy atom. The third kappa shape index (κ3) is 2.79. The summed E-state index contributed by atoms with van der Waals surface area (Å²) in [5, 5.41) is 9.21. The van der Waals surface area contributed by atoms with E-state index < -0.39 is 23.9 Å². The van der Waals surface area contributed by atoms with Crippen LogP contribution in [0.4, 0.5) is 9.18 Å². The van der Waals surface area contributed by atoms with Crippen molar-refractivity contribution in [3.05, 3.63) is 47.8 Å². The number of nitrogens with zero attached hydrogens (tertiary/aromatic N) is 1. The van der Waals surface area contributed by atoms with Gasteiger partial charge in [0.15, 0.2) is 0 Å². The first-order valence-corrected chi connectivity index (χ1v) is 6.07. The molecule has 1 aromatic rings. The lowest BCUT2D eigenvalue weighted by atomic mass is 9.94. The molecule has 2 rings (SSSR count). The van der Waals surface area contributed by atoms with Crippen LogP contribution in [0.25, 0.3) is 0 Å². The maximum absolute atomic E-state index is 13.2. The van der Waals surface area contributed by atoms with Gasteiger partial charge in [0, 0.05) is 6.42 Å². The van der Waals surface area contributed by atoms with Gasteiger partial charge in [0.2, 0.25) is 0 Å². The second-order valence-electron chi connectivity index (χ2n) is 4.46. The number of halogens is 1. The smallest absolute Gasteiger partial charge is 0.411 e. The number of carbonyl (C=O) groups is 2. The Bertz CT molecular complexity index is 558. The average molecular weight is 279 g/mol. The van der Waals surface area contributed by atoms with Crippen LogP contribution in [-0.2, 0) is 22.5 Å². The third-order valence-corrected chi connectivity index (χ3v) is 3.14. The number of carboxylic acid groups (broad SMARTS) is 1. The quantitative estimate of drug-likeness (QED) is 0.859. The van der Waals surface area contributed by atoms with Gasteiger partial charge >= 0.3 is 12.1 Å². The van der Waals surface area contributed by atoms with Crippen molar-refractivity contribution in [2.45, 2.75) is 19.0 Å². The first-order valence-electron chi connectivity index (χ1n) is 6.07. The fraction of sp³-hybridized carbons (Fsp3) is 0.286. The standard InChI is InChI=1S/C14H14FNO4/c1-2-5-20-14(19)16-8-9-3-4-11(15)6-10(9)7-12(16)13(17)18/h2-4,6,12H,1,5,7-8H2,(H,17,18)/t12-/m0/s1. The lowest BCUT2D eigenvalue weighted by Crippen LogP contribution is -2.48. The van der Waals surface area contributed by atoms with Gasteiger partial charge in [-0.05, 0) is 23.3 Å².